The molecule has 3 aromatic rings. The van der Waals surface area contributed by atoms with Crippen LogP contribution in [0.5, 0.6) is 0 Å². The second-order valence-corrected chi connectivity index (χ2v) is 9.21. The highest BCUT2D eigenvalue weighted by Crippen LogP contribution is 2.28. The SMILES string of the molecule is C/C1=C/C(=Nc2cc3cc[nH]c(=O)c3c(Nc3ccc(N4CCOCC4)cc3)n2)C(C)CC=CC1. The van der Waals surface area contributed by atoms with E-state index in [0.29, 0.717) is 17.0 Å². The minimum Gasteiger partial charge on any atom is -0.378 e. The molecule has 1 aliphatic carbocycles. The van der Waals surface area contributed by atoms with Crippen LogP contribution in [-0.4, -0.2) is 42.0 Å². The number of anilines is 3. The number of morpholine rings is 1. The molecule has 7 nitrogen and oxygen atoms in total. The number of allylic oxidation sites excluding steroid dienone is 4. The van der Waals surface area contributed by atoms with Crippen LogP contribution >= 0.6 is 0 Å². The molecule has 0 radical (unpaired) electrons. The molecular weight excluding hydrogens is 438 g/mol. The fourth-order valence-corrected chi connectivity index (χ4v) is 4.48. The summed E-state index contributed by atoms with van der Waals surface area (Å²) in [7, 11) is 0. The number of pyridine rings is 2. The largest absolute Gasteiger partial charge is 0.378 e. The zero-order valence-corrected chi connectivity index (χ0v) is 20.3. The third kappa shape index (κ3) is 5.35. The quantitative estimate of drug-likeness (QED) is 0.493. The molecule has 1 unspecified atom stereocenters. The van der Waals surface area contributed by atoms with Gasteiger partial charge in [-0.15, -0.1) is 0 Å². The minimum absolute atomic E-state index is 0.179. The molecule has 35 heavy (non-hydrogen) atoms. The van der Waals surface area contributed by atoms with Crippen molar-refractivity contribution in [3.63, 3.8) is 0 Å². The highest BCUT2D eigenvalue weighted by molar-refractivity contribution is 6.00. The van der Waals surface area contributed by atoms with Gasteiger partial charge in [0.1, 0.15) is 5.82 Å². The lowest BCUT2D eigenvalue weighted by molar-refractivity contribution is 0.122. The number of nitrogens with zero attached hydrogens (tertiary/aromatic N) is 3. The van der Waals surface area contributed by atoms with Gasteiger partial charge in [0.15, 0.2) is 5.82 Å². The fraction of sp³-hybridized carbons (Fsp3) is 0.321. The number of aromatic amines is 1. The summed E-state index contributed by atoms with van der Waals surface area (Å²) in [5.74, 6) is 1.37. The van der Waals surface area contributed by atoms with Crippen molar-refractivity contribution in [3.8, 4) is 0 Å². The Morgan fingerprint density at radius 3 is 2.74 bits per heavy atom. The molecule has 0 amide bonds. The molecule has 2 aromatic heterocycles. The van der Waals surface area contributed by atoms with E-state index in [1.54, 1.807) is 6.20 Å². The number of aliphatic imine (C=N–C) groups is 1. The van der Waals surface area contributed by atoms with E-state index in [1.165, 1.54) is 5.57 Å². The number of ether oxygens (including phenoxy) is 1. The first-order chi connectivity index (χ1) is 17.1. The number of hydrogen-bond acceptors (Lipinski definition) is 6. The molecule has 0 saturated carbocycles. The van der Waals surface area contributed by atoms with E-state index >= 15 is 0 Å². The van der Waals surface area contributed by atoms with Crippen molar-refractivity contribution in [1.29, 1.82) is 0 Å². The molecule has 0 bridgehead atoms. The van der Waals surface area contributed by atoms with Crippen LogP contribution in [0, 0.1) is 5.92 Å². The normalized spacial score (nSPS) is 21.4. The Bertz CT molecular complexity index is 1350. The average Bonchev–Trinajstić information content (AvgIpc) is 2.86. The van der Waals surface area contributed by atoms with Crippen LogP contribution in [0.3, 0.4) is 0 Å². The Morgan fingerprint density at radius 1 is 1.14 bits per heavy atom. The Morgan fingerprint density at radius 2 is 1.94 bits per heavy atom. The first-order valence-electron chi connectivity index (χ1n) is 12.2. The zero-order valence-electron chi connectivity index (χ0n) is 20.3. The van der Waals surface area contributed by atoms with Crippen molar-refractivity contribution in [2.45, 2.75) is 26.7 Å². The second kappa shape index (κ2) is 10.3. The molecule has 1 aliphatic heterocycles. The van der Waals surface area contributed by atoms with Gasteiger partial charge in [0.25, 0.3) is 5.56 Å². The molecule has 1 aromatic carbocycles. The summed E-state index contributed by atoms with van der Waals surface area (Å²) in [6.45, 7) is 7.57. The number of rotatable bonds is 4. The van der Waals surface area contributed by atoms with E-state index < -0.39 is 0 Å². The van der Waals surface area contributed by atoms with Gasteiger partial charge in [0, 0.05) is 42.3 Å². The predicted octanol–water partition coefficient (Wildman–Crippen LogP) is 5.51. The highest BCUT2D eigenvalue weighted by atomic mass is 16.5. The molecule has 1 fully saturated rings. The average molecular weight is 470 g/mol. The van der Waals surface area contributed by atoms with Crippen LogP contribution in [0.2, 0.25) is 0 Å². The van der Waals surface area contributed by atoms with Crippen molar-refractivity contribution < 1.29 is 4.74 Å². The van der Waals surface area contributed by atoms with E-state index in [4.69, 9.17) is 14.7 Å². The van der Waals surface area contributed by atoms with Gasteiger partial charge < -0.3 is 19.9 Å². The van der Waals surface area contributed by atoms with Gasteiger partial charge in [-0.2, -0.15) is 0 Å². The molecule has 7 heteroatoms. The Balaban J connectivity index is 1.50. The number of aromatic nitrogens is 2. The Hall–Kier alpha value is -3.71. The number of hydrogen-bond donors (Lipinski definition) is 2. The summed E-state index contributed by atoms with van der Waals surface area (Å²) in [6, 6.07) is 12.0. The second-order valence-electron chi connectivity index (χ2n) is 9.21. The molecule has 2 aliphatic rings. The van der Waals surface area contributed by atoms with Crippen molar-refractivity contribution in [2.75, 3.05) is 36.5 Å². The maximum atomic E-state index is 12.7. The fourth-order valence-electron chi connectivity index (χ4n) is 4.48. The third-order valence-electron chi connectivity index (χ3n) is 6.49. The number of H-pyrrole nitrogens is 1. The topological polar surface area (TPSA) is 82.6 Å². The Kier molecular flexibility index (Phi) is 6.77. The Labute approximate surface area is 205 Å². The highest BCUT2D eigenvalue weighted by Gasteiger charge is 2.15. The van der Waals surface area contributed by atoms with Crippen LogP contribution in [0.4, 0.5) is 23.0 Å². The molecule has 3 heterocycles. The first-order valence-corrected chi connectivity index (χ1v) is 12.2. The van der Waals surface area contributed by atoms with Gasteiger partial charge in [0.2, 0.25) is 0 Å². The summed E-state index contributed by atoms with van der Waals surface area (Å²) < 4.78 is 5.45. The summed E-state index contributed by atoms with van der Waals surface area (Å²) in [5, 5.41) is 4.69. The molecule has 0 spiro atoms. The molecule has 1 atom stereocenters. The van der Waals surface area contributed by atoms with Crippen LogP contribution in [0.25, 0.3) is 10.8 Å². The van der Waals surface area contributed by atoms with E-state index in [-0.39, 0.29) is 11.5 Å². The molecular formula is C28H31N5O2. The van der Waals surface area contributed by atoms with E-state index in [0.717, 1.165) is 61.6 Å². The van der Waals surface area contributed by atoms with Gasteiger partial charge in [0.05, 0.1) is 18.6 Å². The standard InChI is InChI=1S/C28H31N5O2/c1-19-5-3-4-6-20(2)24(17-19)31-25-18-21-11-12-29-28(34)26(21)27(32-25)30-22-7-9-23(10-8-22)33-13-15-35-16-14-33/h3-4,7-12,17-18,20H,5-6,13-16H2,1-2H3,(H,29,34)(H,30,32)/b4-3?,19-17-,31-24?. The zero-order chi connectivity index (χ0) is 24.2. The smallest absolute Gasteiger partial charge is 0.259 e. The van der Waals surface area contributed by atoms with Crippen LogP contribution in [0.1, 0.15) is 26.7 Å². The van der Waals surface area contributed by atoms with Crippen LogP contribution in [-0.2, 0) is 4.74 Å². The van der Waals surface area contributed by atoms with E-state index in [9.17, 15) is 4.79 Å². The van der Waals surface area contributed by atoms with Gasteiger partial charge in [-0.05, 0) is 67.6 Å². The number of fused-ring (bicyclic) bond motifs is 1. The lowest BCUT2D eigenvalue weighted by atomic mass is 9.96. The summed E-state index contributed by atoms with van der Waals surface area (Å²) >= 11 is 0. The van der Waals surface area contributed by atoms with Gasteiger partial charge in [-0.1, -0.05) is 24.6 Å². The predicted molar refractivity (Wildman–Crippen MR) is 144 cm³/mol. The summed E-state index contributed by atoms with van der Waals surface area (Å²) in [6.07, 6.45) is 10.1. The van der Waals surface area contributed by atoms with Gasteiger partial charge in [-0.3, -0.25) is 4.79 Å². The number of nitrogens with one attached hydrogen (secondary N) is 2. The van der Waals surface area contributed by atoms with Crippen molar-refractivity contribution in [3.05, 3.63) is 76.8 Å². The van der Waals surface area contributed by atoms with Crippen molar-refractivity contribution in [1.82, 2.24) is 9.97 Å². The van der Waals surface area contributed by atoms with Crippen LogP contribution < -0.4 is 15.8 Å². The summed E-state index contributed by atoms with van der Waals surface area (Å²) in [4.78, 5) is 27.5. The molecule has 1 saturated heterocycles. The summed E-state index contributed by atoms with van der Waals surface area (Å²) in [5.41, 5.74) is 4.11. The van der Waals surface area contributed by atoms with E-state index in [2.05, 4.69) is 59.4 Å². The molecule has 2 N–H and O–H groups in total. The first kappa shape index (κ1) is 23.1. The third-order valence-corrected chi connectivity index (χ3v) is 6.49. The minimum atomic E-state index is -0.179. The van der Waals surface area contributed by atoms with Crippen LogP contribution in [0.15, 0.2) is 76.2 Å². The molecule has 180 valence electrons. The van der Waals surface area contributed by atoms with Crippen molar-refractivity contribution in [2.24, 2.45) is 10.9 Å². The lowest BCUT2D eigenvalue weighted by Crippen LogP contribution is -2.36. The van der Waals surface area contributed by atoms with Gasteiger partial charge >= 0.3 is 0 Å². The number of benzene rings is 1. The van der Waals surface area contributed by atoms with Crippen molar-refractivity contribution >= 4 is 39.5 Å². The monoisotopic (exact) mass is 469 g/mol. The van der Waals surface area contributed by atoms with E-state index in [1.807, 2.05) is 24.3 Å². The lowest BCUT2D eigenvalue weighted by Gasteiger charge is -2.28. The maximum absolute atomic E-state index is 12.7. The molecule has 5 rings (SSSR count). The van der Waals surface area contributed by atoms with Gasteiger partial charge in [-0.25, -0.2) is 9.98 Å². The maximum Gasteiger partial charge on any atom is 0.259 e.